The highest BCUT2D eigenvalue weighted by molar-refractivity contribution is 9.10. The second-order valence-electron chi connectivity index (χ2n) is 4.40. The van der Waals surface area contributed by atoms with Crippen molar-refractivity contribution >= 4 is 38.6 Å². The first kappa shape index (κ1) is 13.2. The Labute approximate surface area is 122 Å². The van der Waals surface area contributed by atoms with Crippen molar-refractivity contribution in [2.75, 3.05) is 26.3 Å². The van der Waals surface area contributed by atoms with Crippen LogP contribution in [-0.2, 0) is 11.4 Å². The van der Waals surface area contributed by atoms with Gasteiger partial charge in [0.25, 0.3) is 0 Å². The quantitative estimate of drug-likeness (QED) is 0.836. The normalized spacial score (nSPS) is 17.2. The fourth-order valence-corrected chi connectivity index (χ4v) is 3.19. The lowest BCUT2D eigenvalue weighted by molar-refractivity contribution is 0.0230. The predicted octanol–water partition coefficient (Wildman–Crippen LogP) is 2.30. The smallest absolute Gasteiger partial charge is 0.408 e. The molecule has 0 radical (unpaired) electrons. The summed E-state index contributed by atoms with van der Waals surface area (Å²) in [4.78, 5) is 14.1. The number of fused-ring (bicyclic) bond motifs is 1. The third-order valence-electron chi connectivity index (χ3n) is 3.13. The van der Waals surface area contributed by atoms with Gasteiger partial charge in [-0.15, -0.1) is 0 Å². The predicted molar refractivity (Wildman–Crippen MR) is 75.6 cm³/mol. The minimum atomic E-state index is -0.371. The van der Waals surface area contributed by atoms with Crippen molar-refractivity contribution in [1.82, 2.24) is 9.47 Å². The molecule has 1 aromatic carbocycles. The molecule has 0 aliphatic carbocycles. The summed E-state index contributed by atoms with van der Waals surface area (Å²) in [5.74, 6) is -0.371. The van der Waals surface area contributed by atoms with E-state index in [0.29, 0.717) is 30.5 Å². The van der Waals surface area contributed by atoms with Crippen LogP contribution in [0.2, 0.25) is 5.02 Å². The molecule has 0 bridgehead atoms. The van der Waals surface area contributed by atoms with Crippen molar-refractivity contribution in [1.29, 1.82) is 0 Å². The van der Waals surface area contributed by atoms with Gasteiger partial charge < -0.3 is 9.15 Å². The molecule has 102 valence electrons. The fourth-order valence-electron chi connectivity index (χ4n) is 2.19. The number of halogens is 2. The summed E-state index contributed by atoms with van der Waals surface area (Å²) in [6.45, 7) is 3.50. The standard InChI is InChI=1S/C12H12BrClN2O3/c13-9-5-8(14)6-10-11(9)16(12(17)19-10)7-15-1-3-18-4-2-15/h5-6H,1-4,7H2. The first-order valence-corrected chi connectivity index (χ1v) is 7.11. The van der Waals surface area contributed by atoms with Gasteiger partial charge in [-0.25, -0.2) is 4.79 Å². The molecule has 0 spiro atoms. The molecular formula is C12H12BrClN2O3. The molecule has 3 rings (SSSR count). The number of rotatable bonds is 2. The zero-order valence-electron chi connectivity index (χ0n) is 10.1. The Morgan fingerprint density at radius 3 is 2.79 bits per heavy atom. The molecule has 1 saturated heterocycles. The van der Waals surface area contributed by atoms with Crippen LogP contribution in [0.25, 0.3) is 11.1 Å². The molecule has 0 amide bonds. The van der Waals surface area contributed by atoms with Crippen molar-refractivity contribution in [3.05, 3.63) is 32.2 Å². The van der Waals surface area contributed by atoms with Gasteiger partial charge >= 0.3 is 5.76 Å². The third kappa shape index (κ3) is 2.58. The molecule has 0 unspecified atom stereocenters. The van der Waals surface area contributed by atoms with E-state index >= 15 is 0 Å². The van der Waals surface area contributed by atoms with E-state index in [1.807, 2.05) is 0 Å². The molecule has 2 heterocycles. The average molecular weight is 348 g/mol. The highest BCUT2D eigenvalue weighted by Crippen LogP contribution is 2.27. The van der Waals surface area contributed by atoms with Crippen LogP contribution >= 0.6 is 27.5 Å². The van der Waals surface area contributed by atoms with E-state index in [9.17, 15) is 4.79 Å². The zero-order valence-corrected chi connectivity index (χ0v) is 12.4. The number of hydrogen-bond acceptors (Lipinski definition) is 4. The lowest BCUT2D eigenvalue weighted by Gasteiger charge is -2.26. The maximum Gasteiger partial charge on any atom is 0.421 e. The molecule has 1 aliphatic rings. The molecule has 7 heteroatoms. The summed E-state index contributed by atoms with van der Waals surface area (Å²) >= 11 is 9.38. The van der Waals surface area contributed by atoms with Crippen LogP contribution in [0.5, 0.6) is 0 Å². The van der Waals surface area contributed by atoms with E-state index in [0.717, 1.165) is 23.1 Å². The molecule has 0 N–H and O–H groups in total. The number of ether oxygens (including phenoxy) is 1. The van der Waals surface area contributed by atoms with Gasteiger partial charge in [-0.1, -0.05) is 11.6 Å². The van der Waals surface area contributed by atoms with Crippen molar-refractivity contribution in [2.45, 2.75) is 6.67 Å². The summed E-state index contributed by atoms with van der Waals surface area (Å²) in [6.07, 6.45) is 0. The first-order valence-electron chi connectivity index (χ1n) is 5.93. The van der Waals surface area contributed by atoms with Gasteiger partial charge in [0.15, 0.2) is 5.58 Å². The largest absolute Gasteiger partial charge is 0.421 e. The molecule has 2 aromatic rings. The lowest BCUT2D eigenvalue weighted by Crippen LogP contribution is -2.39. The number of aromatic nitrogens is 1. The van der Waals surface area contributed by atoms with E-state index in [4.69, 9.17) is 20.8 Å². The maximum atomic E-state index is 12.0. The minimum absolute atomic E-state index is 0.371. The molecule has 1 fully saturated rings. The monoisotopic (exact) mass is 346 g/mol. The Morgan fingerprint density at radius 2 is 2.05 bits per heavy atom. The summed E-state index contributed by atoms with van der Waals surface area (Å²) in [5, 5.41) is 0.534. The van der Waals surface area contributed by atoms with Crippen molar-refractivity contribution in [3.63, 3.8) is 0 Å². The number of morpholine rings is 1. The van der Waals surface area contributed by atoms with Gasteiger partial charge in [0, 0.05) is 28.7 Å². The summed E-state index contributed by atoms with van der Waals surface area (Å²) < 4.78 is 12.9. The Hall–Kier alpha value is -0.820. The number of nitrogens with zero attached hydrogens (tertiary/aromatic N) is 2. The van der Waals surface area contributed by atoms with Crippen molar-refractivity contribution in [3.8, 4) is 0 Å². The molecule has 1 aliphatic heterocycles. The lowest BCUT2D eigenvalue weighted by atomic mass is 10.3. The maximum absolute atomic E-state index is 12.0. The zero-order chi connectivity index (χ0) is 13.4. The van der Waals surface area contributed by atoms with Gasteiger partial charge in [-0.3, -0.25) is 9.47 Å². The SMILES string of the molecule is O=c1oc2cc(Cl)cc(Br)c2n1CN1CCOCC1. The van der Waals surface area contributed by atoms with Gasteiger partial charge in [0.05, 0.1) is 19.9 Å². The highest BCUT2D eigenvalue weighted by Gasteiger charge is 2.17. The Morgan fingerprint density at radius 1 is 1.32 bits per heavy atom. The van der Waals surface area contributed by atoms with Gasteiger partial charge in [0.1, 0.15) is 5.52 Å². The summed E-state index contributed by atoms with van der Waals surface area (Å²) in [5.41, 5.74) is 1.23. The molecular weight excluding hydrogens is 336 g/mol. The summed E-state index contributed by atoms with van der Waals surface area (Å²) in [6, 6.07) is 3.41. The van der Waals surface area contributed by atoms with Crippen molar-refractivity contribution in [2.24, 2.45) is 0 Å². The topological polar surface area (TPSA) is 47.6 Å². The van der Waals surface area contributed by atoms with Crippen LogP contribution in [0, 0.1) is 0 Å². The highest BCUT2D eigenvalue weighted by atomic mass is 79.9. The van der Waals surface area contributed by atoms with E-state index in [1.165, 1.54) is 0 Å². The van der Waals surface area contributed by atoms with Gasteiger partial charge in [0.2, 0.25) is 0 Å². The van der Waals surface area contributed by atoms with Crippen LogP contribution in [-0.4, -0.2) is 35.8 Å². The fraction of sp³-hybridized carbons (Fsp3) is 0.417. The van der Waals surface area contributed by atoms with Gasteiger partial charge in [-0.05, 0) is 22.0 Å². The second-order valence-corrected chi connectivity index (χ2v) is 5.69. The van der Waals surface area contributed by atoms with Crippen LogP contribution in [0.15, 0.2) is 25.8 Å². The number of hydrogen-bond donors (Lipinski definition) is 0. The van der Waals surface area contributed by atoms with Crippen molar-refractivity contribution < 1.29 is 9.15 Å². The van der Waals surface area contributed by atoms with Gasteiger partial charge in [-0.2, -0.15) is 0 Å². The first-order chi connectivity index (χ1) is 9.15. The summed E-state index contributed by atoms with van der Waals surface area (Å²) in [7, 11) is 0. The molecule has 5 nitrogen and oxygen atoms in total. The van der Waals surface area contributed by atoms with E-state index in [2.05, 4.69) is 20.8 Å². The Balaban J connectivity index is 2.02. The van der Waals surface area contributed by atoms with Crippen LogP contribution < -0.4 is 5.76 Å². The second kappa shape index (κ2) is 5.28. The average Bonchev–Trinajstić information content (AvgIpc) is 2.67. The Bertz CT molecular complexity index is 661. The van der Waals surface area contributed by atoms with Crippen LogP contribution in [0.4, 0.5) is 0 Å². The van der Waals surface area contributed by atoms with E-state index in [-0.39, 0.29) is 5.76 Å². The van der Waals surface area contributed by atoms with Crippen LogP contribution in [0.1, 0.15) is 0 Å². The number of benzene rings is 1. The molecule has 19 heavy (non-hydrogen) atoms. The molecule has 1 aromatic heterocycles. The minimum Gasteiger partial charge on any atom is -0.408 e. The van der Waals surface area contributed by atoms with E-state index < -0.39 is 0 Å². The van der Waals surface area contributed by atoms with E-state index in [1.54, 1.807) is 16.7 Å². The Kier molecular flexibility index (Phi) is 3.66. The third-order valence-corrected chi connectivity index (χ3v) is 3.95. The number of oxazole rings is 1. The molecule has 0 atom stereocenters. The molecule has 0 saturated carbocycles. The van der Waals surface area contributed by atoms with Crippen LogP contribution in [0.3, 0.4) is 0 Å².